The van der Waals surface area contributed by atoms with Crippen LogP contribution in [0.25, 0.3) is 0 Å². The Hall–Kier alpha value is -1.21. The lowest BCUT2D eigenvalue weighted by Gasteiger charge is -2.27. The van der Waals surface area contributed by atoms with Crippen molar-refractivity contribution in [3.8, 4) is 0 Å². The summed E-state index contributed by atoms with van der Waals surface area (Å²) in [5.74, 6) is -0.594. The Morgan fingerprint density at radius 1 is 0.444 bits per heavy atom. The number of amides is 1. The van der Waals surface area contributed by atoms with E-state index in [0.29, 0.717) is 12.8 Å². The van der Waals surface area contributed by atoms with Crippen molar-refractivity contribution in [3.63, 3.8) is 0 Å². The minimum atomic E-state index is -1.28. The highest BCUT2D eigenvalue weighted by atomic mass is 16.3. The maximum absolute atomic E-state index is 12.5. The van der Waals surface area contributed by atoms with Crippen LogP contribution in [0.1, 0.15) is 245 Å². The zero-order chi connectivity index (χ0) is 39.6. The van der Waals surface area contributed by atoms with E-state index in [-0.39, 0.29) is 0 Å². The van der Waals surface area contributed by atoms with Gasteiger partial charge in [0.15, 0.2) is 0 Å². The Labute approximate surface area is 335 Å². The van der Waals surface area contributed by atoms with Gasteiger partial charge in [0, 0.05) is 0 Å². The largest absolute Gasteiger partial charge is 0.394 e. The van der Waals surface area contributed by atoms with Gasteiger partial charge in [-0.05, 0) is 64.2 Å². The molecule has 320 valence electrons. The Morgan fingerprint density at radius 2 is 0.759 bits per heavy atom. The van der Waals surface area contributed by atoms with Crippen molar-refractivity contribution in [2.24, 2.45) is 0 Å². The highest BCUT2D eigenvalue weighted by Gasteiger charge is 2.28. The molecule has 0 aliphatic carbocycles. The van der Waals surface area contributed by atoms with Crippen molar-refractivity contribution in [3.05, 3.63) is 24.3 Å². The molecular weight excluding hydrogens is 671 g/mol. The smallest absolute Gasteiger partial charge is 0.249 e. The van der Waals surface area contributed by atoms with Crippen molar-refractivity contribution in [1.29, 1.82) is 0 Å². The number of unbranched alkanes of at least 4 members (excludes halogenated alkanes) is 30. The van der Waals surface area contributed by atoms with Crippen LogP contribution in [0, 0.1) is 0 Å². The van der Waals surface area contributed by atoms with Crippen LogP contribution in [0.5, 0.6) is 0 Å². The number of carbonyl (C=O) groups excluding carboxylic acids is 1. The van der Waals surface area contributed by atoms with Crippen LogP contribution in [0.4, 0.5) is 0 Å². The summed E-state index contributed by atoms with van der Waals surface area (Å²) in [7, 11) is 0. The molecule has 0 saturated heterocycles. The zero-order valence-electron chi connectivity index (χ0n) is 36.0. The quantitative estimate of drug-likeness (QED) is 0.0314. The normalized spacial score (nSPS) is 14.3. The average Bonchev–Trinajstić information content (AvgIpc) is 3.18. The number of rotatable bonds is 43. The average molecular weight is 764 g/mol. The van der Waals surface area contributed by atoms with Crippen molar-refractivity contribution < 1.29 is 25.2 Å². The van der Waals surface area contributed by atoms with E-state index < -0.39 is 36.9 Å². The summed E-state index contributed by atoms with van der Waals surface area (Å²) in [5, 5.41) is 43.5. The van der Waals surface area contributed by atoms with Gasteiger partial charge in [0.05, 0.1) is 18.8 Å². The lowest BCUT2D eigenvalue weighted by atomic mass is 10.00. The first kappa shape index (κ1) is 52.8. The molecule has 0 aliphatic heterocycles. The van der Waals surface area contributed by atoms with E-state index in [0.717, 1.165) is 38.5 Å². The highest BCUT2D eigenvalue weighted by molar-refractivity contribution is 5.80. The number of aliphatic hydroxyl groups is 4. The molecule has 0 fully saturated rings. The monoisotopic (exact) mass is 764 g/mol. The first-order valence-corrected chi connectivity index (χ1v) is 23.7. The highest BCUT2D eigenvalue weighted by Crippen LogP contribution is 2.16. The second kappa shape index (κ2) is 42.9. The number of nitrogens with one attached hydrogen (secondary N) is 1. The molecule has 4 unspecified atom stereocenters. The number of aliphatic hydroxyl groups excluding tert-OH is 4. The maximum Gasteiger partial charge on any atom is 0.249 e. The van der Waals surface area contributed by atoms with E-state index in [9.17, 15) is 25.2 Å². The van der Waals surface area contributed by atoms with Crippen LogP contribution in [-0.2, 0) is 4.79 Å². The fourth-order valence-electron chi connectivity index (χ4n) is 7.34. The van der Waals surface area contributed by atoms with Gasteiger partial charge in [-0.1, -0.05) is 205 Å². The van der Waals surface area contributed by atoms with Crippen LogP contribution in [0.3, 0.4) is 0 Å². The predicted molar refractivity (Wildman–Crippen MR) is 233 cm³/mol. The van der Waals surface area contributed by atoms with Crippen molar-refractivity contribution in [2.45, 2.75) is 269 Å². The molecule has 6 heteroatoms. The van der Waals surface area contributed by atoms with E-state index in [2.05, 4.69) is 43.5 Å². The van der Waals surface area contributed by atoms with Crippen molar-refractivity contribution >= 4 is 5.91 Å². The molecule has 1 amide bonds. The number of carbonyl (C=O) groups is 1. The molecule has 0 saturated carbocycles. The molecule has 0 aromatic heterocycles. The van der Waals surface area contributed by atoms with E-state index in [1.54, 1.807) is 0 Å². The van der Waals surface area contributed by atoms with Crippen molar-refractivity contribution in [1.82, 2.24) is 5.32 Å². The Bertz CT molecular complexity index is 817. The van der Waals surface area contributed by atoms with Crippen LogP contribution in [0.15, 0.2) is 24.3 Å². The second-order valence-corrected chi connectivity index (χ2v) is 16.4. The van der Waals surface area contributed by atoms with E-state index >= 15 is 0 Å². The van der Waals surface area contributed by atoms with Crippen LogP contribution >= 0.6 is 0 Å². The molecule has 54 heavy (non-hydrogen) atoms. The molecule has 0 spiro atoms. The molecule has 0 aromatic rings. The summed E-state index contributed by atoms with van der Waals surface area (Å²) in [6.07, 6.45) is 49.6. The number of hydrogen-bond acceptors (Lipinski definition) is 5. The first-order valence-electron chi connectivity index (χ1n) is 23.7. The predicted octanol–water partition coefficient (Wildman–Crippen LogP) is 12.7. The van der Waals surface area contributed by atoms with Gasteiger partial charge in [-0.25, -0.2) is 0 Å². The molecule has 0 bridgehead atoms. The summed E-state index contributed by atoms with van der Waals surface area (Å²) >= 11 is 0. The molecule has 0 aliphatic rings. The summed E-state index contributed by atoms with van der Waals surface area (Å²) < 4.78 is 0. The van der Waals surface area contributed by atoms with E-state index in [1.165, 1.54) is 180 Å². The summed E-state index contributed by atoms with van der Waals surface area (Å²) in [4.78, 5) is 12.5. The van der Waals surface area contributed by atoms with Gasteiger partial charge in [-0.15, -0.1) is 0 Å². The molecule has 0 heterocycles. The Balaban J connectivity index is 3.58. The standard InChI is InChI=1S/C48H93NO5/c1-3-5-7-9-11-13-14-15-16-17-18-19-20-21-22-23-24-25-26-27-28-29-30-31-32-34-36-38-40-42-46(52)48(54)49-44(43-50)47(53)45(51)41-39-37-35-33-12-10-8-6-4-2/h21-22,33,35,44-47,50-53H,3-20,23-32,34,36-43H2,1-2H3,(H,49,54)/b22-21-,35-33+. The van der Waals surface area contributed by atoms with Gasteiger partial charge >= 0.3 is 0 Å². The molecule has 6 nitrogen and oxygen atoms in total. The topological polar surface area (TPSA) is 110 Å². The van der Waals surface area contributed by atoms with E-state index in [4.69, 9.17) is 0 Å². The molecule has 0 rings (SSSR count). The number of allylic oxidation sites excluding steroid dienone is 4. The van der Waals surface area contributed by atoms with E-state index in [1.807, 2.05) is 0 Å². The SMILES string of the molecule is CCCCCC/C=C/CCCC(O)C(O)C(CO)NC(=O)C(O)CCCCCCCCCCCCCCC/C=C\CCCCCCCCCCCCCC. The van der Waals surface area contributed by atoms with Crippen molar-refractivity contribution in [2.75, 3.05) is 6.61 Å². The fourth-order valence-corrected chi connectivity index (χ4v) is 7.34. The van der Waals surface area contributed by atoms with Gasteiger partial charge in [-0.3, -0.25) is 4.79 Å². The van der Waals surface area contributed by atoms with Gasteiger partial charge in [0.1, 0.15) is 12.2 Å². The van der Waals surface area contributed by atoms with Crippen LogP contribution < -0.4 is 5.32 Å². The van der Waals surface area contributed by atoms with Gasteiger partial charge in [0.2, 0.25) is 5.91 Å². The minimum Gasteiger partial charge on any atom is -0.394 e. The molecular formula is C48H93NO5. The molecule has 5 N–H and O–H groups in total. The summed E-state index contributed by atoms with van der Waals surface area (Å²) in [6, 6.07) is -0.998. The third kappa shape index (κ3) is 36.4. The zero-order valence-corrected chi connectivity index (χ0v) is 36.0. The lowest BCUT2D eigenvalue weighted by molar-refractivity contribution is -0.132. The first-order chi connectivity index (χ1) is 26.5. The molecule has 0 radical (unpaired) electrons. The number of hydrogen-bond donors (Lipinski definition) is 5. The van der Waals surface area contributed by atoms with Gasteiger partial charge in [0.25, 0.3) is 0 Å². The third-order valence-electron chi connectivity index (χ3n) is 11.1. The molecule has 0 aromatic carbocycles. The van der Waals surface area contributed by atoms with Gasteiger partial charge in [-0.2, -0.15) is 0 Å². The third-order valence-corrected chi connectivity index (χ3v) is 11.1. The Morgan fingerprint density at radius 3 is 1.13 bits per heavy atom. The van der Waals surface area contributed by atoms with Gasteiger partial charge < -0.3 is 25.7 Å². The summed E-state index contributed by atoms with van der Waals surface area (Å²) in [5.41, 5.74) is 0. The van der Waals surface area contributed by atoms with Crippen LogP contribution in [0.2, 0.25) is 0 Å². The maximum atomic E-state index is 12.5. The molecule has 4 atom stereocenters. The summed E-state index contributed by atoms with van der Waals surface area (Å²) in [6.45, 7) is 4.00. The minimum absolute atomic E-state index is 0.364. The fraction of sp³-hybridized carbons (Fsp3) is 0.896. The lowest BCUT2D eigenvalue weighted by Crippen LogP contribution is -2.53. The second-order valence-electron chi connectivity index (χ2n) is 16.4. The van der Waals surface area contributed by atoms with Crippen LogP contribution in [-0.4, -0.2) is 57.3 Å². The Kier molecular flexibility index (Phi) is 42.0.